The summed E-state index contributed by atoms with van der Waals surface area (Å²) in [4.78, 5) is 25.7. The van der Waals surface area contributed by atoms with E-state index in [1.54, 1.807) is 29.2 Å². The van der Waals surface area contributed by atoms with E-state index in [1.165, 1.54) is 6.92 Å². The third-order valence-electron chi connectivity index (χ3n) is 3.32. The predicted molar refractivity (Wildman–Crippen MR) is 100 cm³/mol. The molecule has 6 heteroatoms. The SMILES string of the molecule is CCN(C(=O)c1ccccc1NC(=S)NC(C)=O)c1ccccc1. The minimum atomic E-state index is -0.268. The Morgan fingerprint density at radius 3 is 2.29 bits per heavy atom. The number of nitrogens with one attached hydrogen (secondary N) is 2. The fourth-order valence-electron chi connectivity index (χ4n) is 2.29. The van der Waals surface area contributed by atoms with Crippen molar-refractivity contribution < 1.29 is 9.59 Å². The molecule has 0 radical (unpaired) electrons. The number of rotatable bonds is 4. The van der Waals surface area contributed by atoms with Crippen LogP contribution in [-0.4, -0.2) is 23.5 Å². The first-order valence-corrected chi connectivity index (χ1v) is 7.98. The van der Waals surface area contributed by atoms with Gasteiger partial charge in [-0.3, -0.25) is 9.59 Å². The lowest BCUT2D eigenvalue weighted by atomic mass is 10.1. The molecule has 0 atom stereocenters. The molecule has 0 heterocycles. The Morgan fingerprint density at radius 1 is 1.04 bits per heavy atom. The number of thiocarbonyl (C=S) groups is 1. The summed E-state index contributed by atoms with van der Waals surface area (Å²) >= 11 is 5.08. The van der Waals surface area contributed by atoms with Crippen LogP contribution < -0.4 is 15.5 Å². The van der Waals surface area contributed by atoms with Crippen LogP contribution in [0.1, 0.15) is 24.2 Å². The first-order valence-electron chi connectivity index (χ1n) is 7.57. The van der Waals surface area contributed by atoms with Gasteiger partial charge in [0, 0.05) is 19.2 Å². The molecule has 5 nitrogen and oxygen atoms in total. The van der Waals surface area contributed by atoms with Crippen molar-refractivity contribution in [3.63, 3.8) is 0 Å². The van der Waals surface area contributed by atoms with E-state index in [0.717, 1.165) is 5.69 Å². The minimum Gasteiger partial charge on any atom is -0.332 e. The molecule has 0 unspecified atom stereocenters. The normalized spacial score (nSPS) is 9.92. The van der Waals surface area contributed by atoms with Gasteiger partial charge in [0.1, 0.15) is 0 Å². The van der Waals surface area contributed by atoms with Crippen LogP contribution in [0.15, 0.2) is 54.6 Å². The van der Waals surface area contributed by atoms with Crippen molar-refractivity contribution in [1.82, 2.24) is 5.32 Å². The number of anilines is 2. The summed E-state index contributed by atoms with van der Waals surface area (Å²) in [6, 6.07) is 16.5. The quantitative estimate of drug-likeness (QED) is 0.839. The Balaban J connectivity index is 2.29. The number of carbonyl (C=O) groups excluding carboxylic acids is 2. The number of nitrogens with zero attached hydrogens (tertiary/aromatic N) is 1. The fourth-order valence-corrected chi connectivity index (χ4v) is 2.54. The zero-order valence-electron chi connectivity index (χ0n) is 13.6. The minimum absolute atomic E-state index is 0.141. The monoisotopic (exact) mass is 341 g/mol. The Hall–Kier alpha value is -2.73. The largest absolute Gasteiger partial charge is 0.332 e. The highest BCUT2D eigenvalue weighted by Crippen LogP contribution is 2.21. The van der Waals surface area contributed by atoms with Gasteiger partial charge in [0.15, 0.2) is 5.11 Å². The van der Waals surface area contributed by atoms with Gasteiger partial charge in [-0.2, -0.15) is 0 Å². The third kappa shape index (κ3) is 4.39. The van der Waals surface area contributed by atoms with Crippen molar-refractivity contribution in [3.05, 3.63) is 60.2 Å². The summed E-state index contributed by atoms with van der Waals surface area (Å²) in [6.45, 7) is 3.83. The van der Waals surface area contributed by atoms with Gasteiger partial charge in [0.05, 0.1) is 11.3 Å². The lowest BCUT2D eigenvalue weighted by Crippen LogP contribution is -2.34. The Labute approximate surface area is 146 Å². The second-order valence-electron chi connectivity index (χ2n) is 5.07. The molecule has 0 saturated heterocycles. The molecule has 2 rings (SSSR count). The average molecular weight is 341 g/mol. The third-order valence-corrected chi connectivity index (χ3v) is 3.53. The van der Waals surface area contributed by atoms with Crippen LogP contribution in [0.3, 0.4) is 0 Å². The van der Waals surface area contributed by atoms with Crippen molar-refractivity contribution in [3.8, 4) is 0 Å². The van der Waals surface area contributed by atoms with Crippen LogP contribution in [-0.2, 0) is 4.79 Å². The molecule has 124 valence electrons. The standard InChI is InChI=1S/C18H19N3O2S/c1-3-21(14-9-5-4-6-10-14)17(23)15-11-7-8-12-16(15)20-18(24)19-13(2)22/h4-12H,3H2,1-2H3,(H2,19,20,22,24). The Bertz CT molecular complexity index is 747. The van der Waals surface area contributed by atoms with Gasteiger partial charge in [0.2, 0.25) is 5.91 Å². The van der Waals surface area contributed by atoms with Gasteiger partial charge < -0.3 is 15.5 Å². The molecular formula is C18H19N3O2S. The van der Waals surface area contributed by atoms with E-state index in [2.05, 4.69) is 10.6 Å². The van der Waals surface area contributed by atoms with Crippen LogP contribution in [0.5, 0.6) is 0 Å². The zero-order chi connectivity index (χ0) is 17.5. The maximum absolute atomic E-state index is 13.0. The van der Waals surface area contributed by atoms with Gasteiger partial charge in [-0.25, -0.2) is 0 Å². The summed E-state index contributed by atoms with van der Waals surface area (Å²) in [6.07, 6.45) is 0. The molecule has 24 heavy (non-hydrogen) atoms. The van der Waals surface area contributed by atoms with Gasteiger partial charge in [0.25, 0.3) is 5.91 Å². The van der Waals surface area contributed by atoms with Crippen LogP contribution in [0.25, 0.3) is 0 Å². The summed E-state index contributed by atoms with van der Waals surface area (Å²) in [5, 5.41) is 5.55. The van der Waals surface area contributed by atoms with Gasteiger partial charge in [-0.15, -0.1) is 0 Å². The van der Waals surface area contributed by atoms with Crippen LogP contribution >= 0.6 is 12.2 Å². The van der Waals surface area contributed by atoms with Crippen LogP contribution in [0, 0.1) is 0 Å². The molecule has 0 spiro atoms. The van der Waals surface area contributed by atoms with Gasteiger partial charge in [-0.1, -0.05) is 30.3 Å². The number of benzene rings is 2. The number of hydrogen-bond acceptors (Lipinski definition) is 3. The van der Waals surface area contributed by atoms with E-state index >= 15 is 0 Å². The smallest absolute Gasteiger partial charge is 0.260 e. The van der Waals surface area contributed by atoms with Crippen LogP contribution in [0.4, 0.5) is 11.4 Å². The van der Waals surface area contributed by atoms with E-state index in [4.69, 9.17) is 12.2 Å². The van der Waals surface area contributed by atoms with E-state index in [9.17, 15) is 9.59 Å². The maximum Gasteiger partial charge on any atom is 0.260 e. The molecule has 2 N–H and O–H groups in total. The molecule has 0 bridgehead atoms. The predicted octanol–water partition coefficient (Wildman–Crippen LogP) is 3.19. The van der Waals surface area contributed by atoms with Gasteiger partial charge >= 0.3 is 0 Å². The van der Waals surface area contributed by atoms with E-state index < -0.39 is 0 Å². The lowest BCUT2D eigenvalue weighted by molar-refractivity contribution is -0.117. The molecule has 0 saturated carbocycles. The molecular weight excluding hydrogens is 322 g/mol. The van der Waals surface area contributed by atoms with E-state index in [1.807, 2.05) is 37.3 Å². The van der Waals surface area contributed by atoms with E-state index in [-0.39, 0.29) is 16.9 Å². The molecule has 0 fully saturated rings. The van der Waals surface area contributed by atoms with Crippen LogP contribution in [0.2, 0.25) is 0 Å². The van der Waals surface area contributed by atoms with Crippen molar-refractivity contribution in [2.75, 3.05) is 16.8 Å². The number of amides is 2. The molecule has 0 aliphatic rings. The first kappa shape index (κ1) is 17.6. The molecule has 0 aliphatic heterocycles. The lowest BCUT2D eigenvalue weighted by Gasteiger charge is -2.22. The van der Waals surface area contributed by atoms with Crippen molar-refractivity contribution in [2.45, 2.75) is 13.8 Å². The highest BCUT2D eigenvalue weighted by atomic mass is 32.1. The van der Waals surface area contributed by atoms with Gasteiger partial charge in [-0.05, 0) is 43.4 Å². The number of hydrogen-bond donors (Lipinski definition) is 2. The highest BCUT2D eigenvalue weighted by Gasteiger charge is 2.19. The highest BCUT2D eigenvalue weighted by molar-refractivity contribution is 7.80. The van der Waals surface area contributed by atoms with E-state index in [0.29, 0.717) is 17.8 Å². The first-order chi connectivity index (χ1) is 11.5. The molecule has 2 aromatic carbocycles. The zero-order valence-corrected chi connectivity index (χ0v) is 14.4. The fraction of sp³-hybridized carbons (Fsp3) is 0.167. The molecule has 2 aromatic rings. The molecule has 2 amide bonds. The molecule has 0 aliphatic carbocycles. The Morgan fingerprint density at radius 2 is 1.67 bits per heavy atom. The second-order valence-corrected chi connectivity index (χ2v) is 5.47. The van der Waals surface area contributed by atoms with Crippen molar-refractivity contribution >= 4 is 40.5 Å². The van der Waals surface area contributed by atoms with Crippen molar-refractivity contribution in [1.29, 1.82) is 0 Å². The topological polar surface area (TPSA) is 61.4 Å². The second kappa shape index (κ2) is 8.21. The summed E-state index contributed by atoms with van der Waals surface area (Å²) in [5.41, 5.74) is 1.86. The van der Waals surface area contributed by atoms with Crippen molar-refractivity contribution in [2.24, 2.45) is 0 Å². The maximum atomic E-state index is 13.0. The summed E-state index contributed by atoms with van der Waals surface area (Å²) in [5.74, 6) is -0.409. The summed E-state index contributed by atoms with van der Waals surface area (Å²) in [7, 11) is 0. The molecule has 0 aromatic heterocycles. The summed E-state index contributed by atoms with van der Waals surface area (Å²) < 4.78 is 0. The average Bonchev–Trinajstić information content (AvgIpc) is 2.56. The number of para-hydroxylation sites is 2. The number of carbonyl (C=O) groups is 2. The Kier molecular flexibility index (Phi) is 6.03.